The first kappa shape index (κ1) is 23.1. The summed E-state index contributed by atoms with van der Waals surface area (Å²) < 4.78 is 58.2. The molecule has 30 heavy (non-hydrogen) atoms. The summed E-state index contributed by atoms with van der Waals surface area (Å²) in [5, 5.41) is 0. The van der Waals surface area contributed by atoms with Crippen molar-refractivity contribution in [3.8, 4) is 0 Å². The highest BCUT2D eigenvalue weighted by molar-refractivity contribution is 9.12. The van der Waals surface area contributed by atoms with Crippen LogP contribution in [0.25, 0.3) is 0 Å². The third-order valence-corrected chi connectivity index (χ3v) is 9.68. The number of sulfonamides is 2. The molecule has 1 aliphatic carbocycles. The molecule has 2 aromatic rings. The molecule has 0 fully saturated rings. The summed E-state index contributed by atoms with van der Waals surface area (Å²) in [5.41, 5.74) is 2.36. The molecule has 0 aromatic heterocycles. The molecule has 0 aliphatic heterocycles. The van der Waals surface area contributed by atoms with Crippen LogP contribution in [0.4, 0.5) is 0 Å². The predicted octanol–water partition coefficient (Wildman–Crippen LogP) is 4.36. The SMILES string of the molecule is Cc1ccc(S(=O)(=O)N=C2C=CC(=NS(=O)(=O)c3ccc(C)cc3)[C@@H](Br)[C@@H]2Br)cc1. The quantitative estimate of drug-likeness (QED) is 0.508. The van der Waals surface area contributed by atoms with Crippen molar-refractivity contribution in [2.75, 3.05) is 0 Å². The van der Waals surface area contributed by atoms with Gasteiger partial charge in [0.05, 0.1) is 30.9 Å². The number of nitrogens with zero attached hydrogens (tertiary/aromatic N) is 2. The fourth-order valence-corrected chi connectivity index (χ4v) is 6.02. The van der Waals surface area contributed by atoms with E-state index in [1.165, 1.54) is 36.4 Å². The molecule has 0 heterocycles. The van der Waals surface area contributed by atoms with E-state index in [0.29, 0.717) is 0 Å². The van der Waals surface area contributed by atoms with Crippen molar-refractivity contribution in [2.45, 2.75) is 33.3 Å². The Bertz CT molecular complexity index is 1150. The molecule has 0 saturated carbocycles. The molecule has 0 amide bonds. The van der Waals surface area contributed by atoms with Crippen molar-refractivity contribution in [2.24, 2.45) is 8.80 Å². The van der Waals surface area contributed by atoms with Gasteiger partial charge in [0.25, 0.3) is 20.0 Å². The average molecular weight is 574 g/mol. The van der Waals surface area contributed by atoms with Crippen LogP contribution >= 0.6 is 31.9 Å². The highest BCUT2D eigenvalue weighted by atomic mass is 79.9. The fraction of sp³-hybridized carbons (Fsp3) is 0.200. The molecule has 2 atom stereocenters. The summed E-state index contributed by atoms with van der Waals surface area (Å²) in [7, 11) is -7.81. The largest absolute Gasteiger partial charge is 0.282 e. The van der Waals surface area contributed by atoms with Gasteiger partial charge in [0, 0.05) is 0 Å². The van der Waals surface area contributed by atoms with Gasteiger partial charge in [0.1, 0.15) is 0 Å². The van der Waals surface area contributed by atoms with Gasteiger partial charge in [-0.15, -0.1) is 0 Å². The Hall–Kier alpha value is -1.62. The minimum absolute atomic E-state index is 0.0845. The van der Waals surface area contributed by atoms with Crippen LogP contribution in [0.2, 0.25) is 0 Å². The minimum Gasteiger partial charge on any atom is -0.199 e. The number of halogens is 2. The van der Waals surface area contributed by atoms with Gasteiger partial charge in [0.2, 0.25) is 0 Å². The van der Waals surface area contributed by atoms with Crippen molar-refractivity contribution in [3.63, 3.8) is 0 Å². The van der Waals surface area contributed by atoms with E-state index in [1.807, 2.05) is 13.8 Å². The van der Waals surface area contributed by atoms with E-state index in [0.717, 1.165) is 11.1 Å². The molecule has 6 nitrogen and oxygen atoms in total. The number of aryl methyl sites for hydroxylation is 2. The third-order valence-electron chi connectivity index (χ3n) is 4.34. The standard InChI is InChI=1S/C20H18Br2N2O4S2/c1-13-3-7-15(8-4-13)29(25,26)23-17-11-12-18(20(22)19(17)21)24-30(27,28)16-9-5-14(2)6-10-16/h3-12,19-20H,1-2H3/t19-,20-/m1/s1. The second kappa shape index (κ2) is 8.86. The second-order valence-electron chi connectivity index (χ2n) is 6.75. The Balaban J connectivity index is 1.94. The summed E-state index contributed by atoms with van der Waals surface area (Å²) >= 11 is 6.80. The molecule has 0 unspecified atom stereocenters. The Kier molecular flexibility index (Phi) is 6.81. The van der Waals surface area contributed by atoms with Crippen LogP contribution in [0.15, 0.2) is 79.3 Å². The van der Waals surface area contributed by atoms with Gasteiger partial charge in [-0.25, -0.2) is 0 Å². The predicted molar refractivity (Wildman–Crippen MR) is 126 cm³/mol. The van der Waals surface area contributed by atoms with E-state index >= 15 is 0 Å². The lowest BCUT2D eigenvalue weighted by Crippen LogP contribution is -2.34. The second-order valence-corrected chi connectivity index (χ2v) is 11.9. The Labute approximate surface area is 193 Å². The molecule has 2 aromatic carbocycles. The molecule has 1 aliphatic rings. The summed E-state index contributed by atoms with van der Waals surface area (Å²) in [6.07, 6.45) is 2.90. The van der Waals surface area contributed by atoms with Gasteiger partial charge in [-0.2, -0.15) is 25.6 Å². The average Bonchev–Trinajstić information content (AvgIpc) is 2.68. The normalized spacial score (nSPS) is 22.5. The molecular formula is C20H18Br2N2O4S2. The van der Waals surface area contributed by atoms with E-state index in [9.17, 15) is 16.8 Å². The van der Waals surface area contributed by atoms with Gasteiger partial charge < -0.3 is 0 Å². The molecule has 10 heteroatoms. The van der Waals surface area contributed by atoms with Gasteiger partial charge in [-0.05, 0) is 50.3 Å². The molecular weight excluding hydrogens is 556 g/mol. The van der Waals surface area contributed by atoms with Crippen molar-refractivity contribution >= 4 is 63.3 Å². The van der Waals surface area contributed by atoms with Crippen molar-refractivity contribution in [3.05, 3.63) is 71.8 Å². The van der Waals surface area contributed by atoms with Gasteiger partial charge in [0.15, 0.2) is 0 Å². The first-order valence-corrected chi connectivity index (χ1v) is 13.5. The van der Waals surface area contributed by atoms with Crippen molar-refractivity contribution in [1.82, 2.24) is 0 Å². The zero-order chi connectivity index (χ0) is 22.1. The maximum absolute atomic E-state index is 12.6. The molecule has 0 bridgehead atoms. The first-order chi connectivity index (χ1) is 14.0. The van der Waals surface area contributed by atoms with Gasteiger partial charge in [-0.3, -0.25) is 0 Å². The summed E-state index contributed by atoms with van der Waals surface area (Å²) in [5.74, 6) is 0. The molecule has 0 N–H and O–H groups in total. The number of rotatable bonds is 4. The Morgan fingerprint density at radius 1 is 0.633 bits per heavy atom. The van der Waals surface area contributed by atoms with Crippen LogP contribution in [0, 0.1) is 13.8 Å². The zero-order valence-electron chi connectivity index (χ0n) is 16.0. The number of benzene rings is 2. The number of allylic oxidation sites excluding steroid dienone is 2. The van der Waals surface area contributed by atoms with E-state index in [-0.39, 0.29) is 21.2 Å². The van der Waals surface area contributed by atoms with Crippen LogP contribution < -0.4 is 0 Å². The maximum Gasteiger partial charge on any atom is 0.282 e. The van der Waals surface area contributed by atoms with Gasteiger partial charge in [-0.1, -0.05) is 67.3 Å². The lowest BCUT2D eigenvalue weighted by Gasteiger charge is -2.21. The molecule has 0 radical (unpaired) electrons. The minimum atomic E-state index is -3.90. The van der Waals surface area contributed by atoms with Gasteiger partial charge >= 0.3 is 0 Å². The number of hydrogen-bond donors (Lipinski definition) is 0. The van der Waals surface area contributed by atoms with Crippen molar-refractivity contribution < 1.29 is 16.8 Å². The fourth-order valence-electron chi connectivity index (χ4n) is 2.62. The first-order valence-electron chi connectivity index (χ1n) is 8.79. The Morgan fingerprint density at radius 3 is 1.23 bits per heavy atom. The van der Waals surface area contributed by atoms with E-state index in [1.54, 1.807) is 24.3 Å². The molecule has 0 spiro atoms. The lowest BCUT2D eigenvalue weighted by atomic mass is 10.0. The highest BCUT2D eigenvalue weighted by Gasteiger charge is 2.31. The summed E-state index contributed by atoms with van der Waals surface area (Å²) in [6, 6.07) is 12.8. The van der Waals surface area contributed by atoms with Crippen LogP contribution in [-0.2, 0) is 20.0 Å². The molecule has 0 saturated heterocycles. The van der Waals surface area contributed by atoms with E-state index in [4.69, 9.17) is 0 Å². The third kappa shape index (κ3) is 5.16. The number of alkyl halides is 2. The van der Waals surface area contributed by atoms with Crippen LogP contribution in [-0.4, -0.2) is 37.9 Å². The topological polar surface area (TPSA) is 93.0 Å². The zero-order valence-corrected chi connectivity index (χ0v) is 20.8. The highest BCUT2D eigenvalue weighted by Crippen LogP contribution is 2.26. The van der Waals surface area contributed by atoms with Crippen LogP contribution in [0.1, 0.15) is 11.1 Å². The lowest BCUT2D eigenvalue weighted by molar-refractivity contribution is 0.596. The maximum atomic E-state index is 12.6. The monoisotopic (exact) mass is 572 g/mol. The summed E-state index contributed by atoms with van der Waals surface area (Å²) in [4.78, 5) is -1.01. The van der Waals surface area contributed by atoms with Crippen molar-refractivity contribution in [1.29, 1.82) is 0 Å². The number of hydrogen-bond acceptors (Lipinski definition) is 4. The van der Waals surface area contributed by atoms with E-state index < -0.39 is 29.7 Å². The molecule has 3 rings (SSSR count). The van der Waals surface area contributed by atoms with E-state index in [2.05, 4.69) is 40.7 Å². The van der Waals surface area contributed by atoms with Crippen LogP contribution in [0.5, 0.6) is 0 Å². The Morgan fingerprint density at radius 2 is 0.933 bits per heavy atom. The molecule has 158 valence electrons. The smallest absolute Gasteiger partial charge is 0.199 e. The van der Waals surface area contributed by atoms with Crippen LogP contribution in [0.3, 0.4) is 0 Å². The summed E-state index contributed by atoms with van der Waals surface area (Å²) in [6.45, 7) is 3.73.